The van der Waals surface area contributed by atoms with E-state index in [0.29, 0.717) is 47.6 Å². The molecule has 8 nitrogen and oxygen atoms in total. The molecule has 2 aromatic rings. The molecule has 178 valence electrons. The summed E-state index contributed by atoms with van der Waals surface area (Å²) in [6.07, 6.45) is 2.48. The van der Waals surface area contributed by atoms with Crippen LogP contribution in [0.25, 0.3) is 0 Å². The summed E-state index contributed by atoms with van der Waals surface area (Å²) in [7, 11) is 0. The number of benzene rings is 2. The van der Waals surface area contributed by atoms with Crippen molar-refractivity contribution in [3.63, 3.8) is 0 Å². The van der Waals surface area contributed by atoms with Crippen LogP contribution in [0.2, 0.25) is 5.02 Å². The van der Waals surface area contributed by atoms with Crippen LogP contribution in [0, 0.1) is 0 Å². The van der Waals surface area contributed by atoms with Crippen molar-refractivity contribution >= 4 is 40.9 Å². The first-order valence-corrected chi connectivity index (χ1v) is 12.3. The Kier molecular flexibility index (Phi) is 9.68. The highest BCUT2D eigenvalue weighted by molar-refractivity contribution is 7.98. The smallest absolute Gasteiger partial charge is 0.244 e. The van der Waals surface area contributed by atoms with Crippen LogP contribution < -0.4 is 20.5 Å². The molecule has 1 aliphatic heterocycles. The lowest BCUT2D eigenvalue weighted by molar-refractivity contribution is -0.136. The zero-order valence-corrected chi connectivity index (χ0v) is 20.0. The molecule has 33 heavy (non-hydrogen) atoms. The molecule has 1 heterocycles. The summed E-state index contributed by atoms with van der Waals surface area (Å²) in [5, 5.41) is 3.23. The van der Waals surface area contributed by atoms with E-state index in [1.165, 1.54) is 4.90 Å². The van der Waals surface area contributed by atoms with E-state index in [9.17, 15) is 9.59 Å². The molecule has 2 aromatic carbocycles. The molecular formula is C23H28ClN3O5S. The van der Waals surface area contributed by atoms with Crippen LogP contribution >= 0.6 is 23.4 Å². The summed E-state index contributed by atoms with van der Waals surface area (Å²) in [4.78, 5) is 27.2. The van der Waals surface area contributed by atoms with Gasteiger partial charge in [0.2, 0.25) is 11.8 Å². The molecule has 0 fully saturated rings. The number of anilines is 1. The quantitative estimate of drug-likeness (QED) is 0.672. The third-order valence-corrected chi connectivity index (χ3v) is 5.75. The lowest BCUT2D eigenvalue weighted by Gasteiger charge is -2.25. The van der Waals surface area contributed by atoms with Crippen molar-refractivity contribution in [2.24, 2.45) is 5.73 Å². The molecular weight excluding hydrogens is 466 g/mol. The zero-order valence-electron chi connectivity index (χ0n) is 18.4. The maximum Gasteiger partial charge on any atom is 0.244 e. The first-order valence-electron chi connectivity index (χ1n) is 10.6. The predicted octanol–water partition coefficient (Wildman–Crippen LogP) is 3.39. The van der Waals surface area contributed by atoms with Gasteiger partial charge in [0.05, 0.1) is 31.5 Å². The van der Waals surface area contributed by atoms with Crippen LogP contribution in [0.15, 0.2) is 42.5 Å². The van der Waals surface area contributed by atoms with Crippen molar-refractivity contribution in [3.05, 3.63) is 47.5 Å². The van der Waals surface area contributed by atoms with Gasteiger partial charge in [0.1, 0.15) is 6.61 Å². The Labute approximate surface area is 202 Å². The van der Waals surface area contributed by atoms with E-state index in [0.717, 1.165) is 5.75 Å². The number of rotatable bonds is 4. The van der Waals surface area contributed by atoms with Gasteiger partial charge in [-0.25, -0.2) is 0 Å². The normalized spacial score (nSPS) is 16.1. The lowest BCUT2D eigenvalue weighted by atomic mass is 10.2. The molecule has 0 aliphatic carbocycles. The van der Waals surface area contributed by atoms with Crippen LogP contribution in [0.4, 0.5) is 5.69 Å². The number of nitrogens with one attached hydrogen (secondary N) is 1. The molecule has 0 bridgehead atoms. The highest BCUT2D eigenvalue weighted by Gasteiger charge is 2.24. The summed E-state index contributed by atoms with van der Waals surface area (Å²) < 4.78 is 17.5. The molecule has 0 radical (unpaired) electrons. The second-order valence-electron chi connectivity index (χ2n) is 7.35. The van der Waals surface area contributed by atoms with Gasteiger partial charge in [-0.1, -0.05) is 23.7 Å². The van der Waals surface area contributed by atoms with Crippen molar-refractivity contribution in [1.82, 2.24) is 4.90 Å². The molecule has 1 atom stereocenters. The molecule has 0 aromatic heterocycles. The fourth-order valence-corrected chi connectivity index (χ4v) is 3.84. The molecule has 3 rings (SSSR count). The number of para-hydroxylation sites is 2. The van der Waals surface area contributed by atoms with Crippen molar-refractivity contribution in [1.29, 1.82) is 0 Å². The van der Waals surface area contributed by atoms with Gasteiger partial charge in [-0.2, -0.15) is 11.8 Å². The third kappa shape index (κ3) is 7.53. The Morgan fingerprint density at radius 1 is 1.18 bits per heavy atom. The van der Waals surface area contributed by atoms with Crippen LogP contribution in [-0.4, -0.2) is 67.7 Å². The molecule has 0 saturated heterocycles. The van der Waals surface area contributed by atoms with E-state index >= 15 is 0 Å². The van der Waals surface area contributed by atoms with E-state index in [1.807, 2.05) is 18.4 Å². The number of ether oxygens (including phenoxy) is 3. The number of halogens is 1. The third-order valence-electron chi connectivity index (χ3n) is 4.87. The summed E-state index contributed by atoms with van der Waals surface area (Å²) in [5.41, 5.74) is 6.45. The van der Waals surface area contributed by atoms with Gasteiger partial charge >= 0.3 is 0 Å². The fourth-order valence-electron chi connectivity index (χ4n) is 3.18. The SMILES string of the molecule is CSCC[C@@H](N)C(=O)N1CCOCCOc2ccccc2Oc2ccc(Cl)cc2NC(=O)C1. The Morgan fingerprint density at radius 2 is 1.97 bits per heavy atom. The van der Waals surface area contributed by atoms with Gasteiger partial charge in [-0.3, -0.25) is 9.59 Å². The molecule has 2 amide bonds. The minimum Gasteiger partial charge on any atom is -0.487 e. The minimum atomic E-state index is -0.685. The number of amides is 2. The zero-order chi connectivity index (χ0) is 23.6. The molecule has 0 saturated carbocycles. The van der Waals surface area contributed by atoms with E-state index in [4.69, 9.17) is 31.5 Å². The highest BCUT2D eigenvalue weighted by atomic mass is 35.5. The Bertz CT molecular complexity index is 961. The number of hydrogen-bond acceptors (Lipinski definition) is 7. The maximum absolute atomic E-state index is 12.9. The summed E-state index contributed by atoms with van der Waals surface area (Å²) >= 11 is 7.77. The van der Waals surface area contributed by atoms with Gasteiger partial charge in [0, 0.05) is 11.6 Å². The number of hydrogen-bond donors (Lipinski definition) is 2. The second kappa shape index (κ2) is 12.7. The molecule has 10 heteroatoms. The minimum absolute atomic E-state index is 0.172. The Hall–Kier alpha value is -2.46. The number of nitrogens with two attached hydrogens (primary N) is 1. The number of carbonyl (C=O) groups is 2. The van der Waals surface area contributed by atoms with E-state index in [2.05, 4.69) is 5.32 Å². The molecule has 3 N–H and O–H groups in total. The Morgan fingerprint density at radius 3 is 2.76 bits per heavy atom. The highest BCUT2D eigenvalue weighted by Crippen LogP contribution is 2.36. The van der Waals surface area contributed by atoms with Crippen LogP contribution in [0.1, 0.15) is 6.42 Å². The largest absolute Gasteiger partial charge is 0.487 e. The molecule has 0 spiro atoms. The van der Waals surface area contributed by atoms with Crippen molar-refractivity contribution < 1.29 is 23.8 Å². The van der Waals surface area contributed by atoms with Crippen LogP contribution in [0.5, 0.6) is 17.2 Å². The molecule has 0 unspecified atom stereocenters. The second-order valence-corrected chi connectivity index (χ2v) is 8.77. The van der Waals surface area contributed by atoms with Gasteiger partial charge in [-0.15, -0.1) is 0 Å². The van der Waals surface area contributed by atoms with Crippen molar-refractivity contribution in [3.8, 4) is 17.2 Å². The summed E-state index contributed by atoms with van der Waals surface area (Å²) in [6.45, 7) is 0.917. The summed E-state index contributed by atoms with van der Waals surface area (Å²) in [6, 6.07) is 11.5. The predicted molar refractivity (Wildman–Crippen MR) is 130 cm³/mol. The number of carbonyl (C=O) groups excluding carboxylic acids is 2. The first kappa shape index (κ1) is 25.2. The first-order chi connectivity index (χ1) is 16.0. The number of nitrogens with zero attached hydrogens (tertiary/aromatic N) is 1. The van der Waals surface area contributed by atoms with Gasteiger partial charge in [-0.05, 0) is 48.8 Å². The Balaban J connectivity index is 1.84. The maximum atomic E-state index is 12.9. The van der Waals surface area contributed by atoms with Crippen molar-refractivity contribution in [2.75, 3.05) is 50.2 Å². The van der Waals surface area contributed by atoms with E-state index in [-0.39, 0.29) is 25.6 Å². The standard InChI is InChI=1S/C23H28ClN3O5S/c1-33-13-8-17(25)23(29)27-9-10-30-11-12-31-20-4-2-3-5-21(20)32-19-7-6-16(24)14-18(19)26-22(28)15-27/h2-7,14,17H,8-13,15,25H2,1H3,(H,26,28)/t17-/m1/s1. The summed E-state index contributed by atoms with van der Waals surface area (Å²) in [5.74, 6) is 1.49. The average Bonchev–Trinajstić information content (AvgIpc) is 2.81. The van der Waals surface area contributed by atoms with Gasteiger partial charge < -0.3 is 30.2 Å². The average molecular weight is 494 g/mol. The van der Waals surface area contributed by atoms with Gasteiger partial charge in [0.15, 0.2) is 17.2 Å². The number of fused-ring (bicyclic) bond motifs is 2. The van der Waals surface area contributed by atoms with Crippen molar-refractivity contribution in [2.45, 2.75) is 12.5 Å². The topological polar surface area (TPSA) is 103 Å². The van der Waals surface area contributed by atoms with Crippen LogP contribution in [-0.2, 0) is 14.3 Å². The fraction of sp³-hybridized carbons (Fsp3) is 0.391. The monoisotopic (exact) mass is 493 g/mol. The van der Waals surface area contributed by atoms with E-state index in [1.54, 1.807) is 42.1 Å². The van der Waals surface area contributed by atoms with Gasteiger partial charge in [0.25, 0.3) is 0 Å². The number of thioether (sulfide) groups is 1. The van der Waals surface area contributed by atoms with E-state index < -0.39 is 11.9 Å². The van der Waals surface area contributed by atoms with Crippen LogP contribution in [0.3, 0.4) is 0 Å². The lowest BCUT2D eigenvalue weighted by Crippen LogP contribution is -2.48. The molecule has 1 aliphatic rings.